The van der Waals surface area contributed by atoms with Crippen LogP contribution in [0.15, 0.2) is 24.4 Å². The monoisotopic (exact) mass is 405 g/mol. The Labute approximate surface area is 163 Å². The second-order valence-corrected chi connectivity index (χ2v) is 7.43. The van der Waals surface area contributed by atoms with E-state index >= 15 is 0 Å². The van der Waals surface area contributed by atoms with E-state index in [1.165, 1.54) is 0 Å². The third-order valence-electron chi connectivity index (χ3n) is 5.17. The van der Waals surface area contributed by atoms with Gasteiger partial charge in [0.2, 0.25) is 11.8 Å². The maximum atomic E-state index is 12.9. The van der Waals surface area contributed by atoms with Crippen molar-refractivity contribution in [3.63, 3.8) is 0 Å². The van der Waals surface area contributed by atoms with Crippen molar-refractivity contribution in [2.24, 2.45) is 5.92 Å². The third-order valence-corrected chi connectivity index (χ3v) is 5.17. The van der Waals surface area contributed by atoms with Gasteiger partial charge >= 0.3 is 6.18 Å². The lowest BCUT2D eigenvalue weighted by atomic mass is 10.1. The van der Waals surface area contributed by atoms with E-state index in [0.717, 1.165) is 37.4 Å². The maximum absolute atomic E-state index is 12.9. The summed E-state index contributed by atoms with van der Waals surface area (Å²) in [4.78, 5) is 9.41. The van der Waals surface area contributed by atoms with Crippen molar-refractivity contribution in [3.8, 4) is 5.88 Å². The van der Waals surface area contributed by atoms with Crippen LogP contribution in [0, 0.1) is 5.92 Å². The summed E-state index contributed by atoms with van der Waals surface area (Å²) in [5, 5.41) is 12.8. The fraction of sp³-hybridized carbons (Fsp3) is 0.500. The van der Waals surface area contributed by atoms with E-state index in [4.69, 9.17) is 4.74 Å². The van der Waals surface area contributed by atoms with Crippen LogP contribution in [0.2, 0.25) is 0 Å². The van der Waals surface area contributed by atoms with Crippen LogP contribution in [0.25, 0.3) is 5.65 Å². The second kappa shape index (κ2) is 6.82. The molecule has 1 unspecified atom stereocenters. The summed E-state index contributed by atoms with van der Waals surface area (Å²) in [7, 11) is 0. The standard InChI is InChI=1S/C18H18F3N7O/c19-18(20,21)13-5-7-22-17(23-13)27-8-6-11(9-27)10-29-15-4-3-14-24-25-16(12-1-2-12)28(14)26-15/h3-5,7,11-12H,1-2,6,8-10H2. The zero-order valence-electron chi connectivity index (χ0n) is 15.4. The van der Waals surface area contributed by atoms with Gasteiger partial charge < -0.3 is 9.64 Å². The summed E-state index contributed by atoms with van der Waals surface area (Å²) in [6, 6.07) is 4.45. The highest BCUT2D eigenvalue weighted by atomic mass is 19.4. The Morgan fingerprint density at radius 3 is 2.76 bits per heavy atom. The molecular weight excluding hydrogens is 387 g/mol. The molecule has 3 aromatic rings. The van der Waals surface area contributed by atoms with Gasteiger partial charge in [-0.3, -0.25) is 0 Å². The van der Waals surface area contributed by atoms with Gasteiger partial charge in [-0.15, -0.1) is 15.3 Å². The second-order valence-electron chi connectivity index (χ2n) is 7.43. The minimum Gasteiger partial charge on any atom is -0.476 e. The summed E-state index contributed by atoms with van der Waals surface area (Å²) in [6.07, 6.45) is -0.357. The largest absolute Gasteiger partial charge is 0.476 e. The van der Waals surface area contributed by atoms with Gasteiger partial charge in [-0.1, -0.05) is 0 Å². The first-order valence-electron chi connectivity index (χ1n) is 9.48. The first-order valence-corrected chi connectivity index (χ1v) is 9.48. The number of hydrogen-bond acceptors (Lipinski definition) is 7. The highest BCUT2D eigenvalue weighted by Gasteiger charge is 2.34. The van der Waals surface area contributed by atoms with Crippen molar-refractivity contribution >= 4 is 11.6 Å². The van der Waals surface area contributed by atoms with Gasteiger partial charge in [0.25, 0.3) is 0 Å². The molecule has 1 saturated heterocycles. The van der Waals surface area contributed by atoms with Gasteiger partial charge in [-0.2, -0.15) is 17.7 Å². The SMILES string of the molecule is FC(F)(F)c1ccnc(N2CCC(COc3ccc4nnc(C5CC5)n4n3)C2)n1. The molecule has 0 spiro atoms. The molecule has 0 bridgehead atoms. The molecule has 3 aromatic heterocycles. The molecule has 1 aliphatic carbocycles. The zero-order valence-corrected chi connectivity index (χ0v) is 15.4. The molecule has 2 aliphatic rings. The molecule has 1 saturated carbocycles. The normalized spacial score (nSPS) is 19.8. The van der Waals surface area contributed by atoms with Gasteiger partial charge in [0.1, 0.15) is 5.69 Å². The van der Waals surface area contributed by atoms with Crippen LogP contribution in [-0.4, -0.2) is 49.5 Å². The molecule has 0 amide bonds. The number of aromatic nitrogens is 6. The molecule has 8 nitrogen and oxygen atoms in total. The average molecular weight is 405 g/mol. The molecule has 1 aliphatic heterocycles. The zero-order chi connectivity index (χ0) is 20.0. The van der Waals surface area contributed by atoms with Gasteiger partial charge in [-0.05, 0) is 31.4 Å². The minimum absolute atomic E-state index is 0.0976. The predicted octanol–water partition coefficient (Wildman–Crippen LogP) is 2.72. The molecule has 29 heavy (non-hydrogen) atoms. The number of anilines is 1. The molecule has 152 valence electrons. The maximum Gasteiger partial charge on any atom is 0.433 e. The van der Waals surface area contributed by atoms with Crippen molar-refractivity contribution in [2.45, 2.75) is 31.4 Å². The first kappa shape index (κ1) is 18.1. The van der Waals surface area contributed by atoms with Crippen molar-refractivity contribution in [3.05, 3.63) is 35.9 Å². The topological polar surface area (TPSA) is 81.3 Å². The number of hydrogen-bond donors (Lipinski definition) is 0. The van der Waals surface area contributed by atoms with Gasteiger partial charge in [0.15, 0.2) is 11.5 Å². The molecule has 0 aromatic carbocycles. The Balaban J connectivity index is 1.23. The van der Waals surface area contributed by atoms with E-state index in [2.05, 4.69) is 25.3 Å². The van der Waals surface area contributed by atoms with Crippen LogP contribution >= 0.6 is 0 Å². The molecule has 1 atom stereocenters. The molecule has 0 radical (unpaired) electrons. The van der Waals surface area contributed by atoms with Crippen LogP contribution in [0.3, 0.4) is 0 Å². The number of ether oxygens (including phenoxy) is 1. The third kappa shape index (κ3) is 3.68. The van der Waals surface area contributed by atoms with E-state index in [1.807, 2.05) is 6.07 Å². The smallest absolute Gasteiger partial charge is 0.433 e. The number of nitrogens with zero attached hydrogens (tertiary/aromatic N) is 7. The minimum atomic E-state index is -4.48. The fourth-order valence-corrected chi connectivity index (χ4v) is 3.47. The molecule has 2 fully saturated rings. The van der Waals surface area contributed by atoms with Crippen molar-refractivity contribution < 1.29 is 17.9 Å². The highest BCUT2D eigenvalue weighted by molar-refractivity contribution is 5.38. The summed E-state index contributed by atoms with van der Waals surface area (Å²) in [5.41, 5.74) is -0.243. The number of halogens is 3. The lowest BCUT2D eigenvalue weighted by Gasteiger charge is -2.17. The molecular formula is C18H18F3N7O. The Morgan fingerprint density at radius 1 is 1.10 bits per heavy atom. The fourth-order valence-electron chi connectivity index (χ4n) is 3.47. The Morgan fingerprint density at radius 2 is 1.97 bits per heavy atom. The number of rotatable bonds is 5. The van der Waals surface area contributed by atoms with Gasteiger partial charge in [-0.25, -0.2) is 9.97 Å². The number of alkyl halides is 3. The van der Waals surface area contributed by atoms with Crippen molar-refractivity contribution in [1.82, 2.24) is 29.8 Å². The molecule has 5 rings (SSSR count). The van der Waals surface area contributed by atoms with Gasteiger partial charge in [0.05, 0.1) is 6.61 Å². The van der Waals surface area contributed by atoms with Gasteiger partial charge in [0, 0.05) is 37.2 Å². The highest BCUT2D eigenvalue weighted by Crippen LogP contribution is 2.38. The predicted molar refractivity (Wildman–Crippen MR) is 95.6 cm³/mol. The summed E-state index contributed by atoms with van der Waals surface area (Å²) in [5.74, 6) is 2.01. The number of fused-ring (bicyclic) bond motifs is 1. The van der Waals surface area contributed by atoms with Crippen LogP contribution in [0.1, 0.15) is 36.7 Å². The summed E-state index contributed by atoms with van der Waals surface area (Å²) >= 11 is 0. The van der Waals surface area contributed by atoms with E-state index in [1.54, 1.807) is 15.5 Å². The van der Waals surface area contributed by atoms with E-state index in [0.29, 0.717) is 37.1 Å². The lowest BCUT2D eigenvalue weighted by molar-refractivity contribution is -0.141. The average Bonchev–Trinajstić information content (AvgIpc) is 3.29. The lowest BCUT2D eigenvalue weighted by Crippen LogP contribution is -2.25. The Kier molecular flexibility index (Phi) is 4.25. The van der Waals surface area contributed by atoms with E-state index in [9.17, 15) is 13.2 Å². The Bertz CT molecular complexity index is 1030. The molecule has 4 heterocycles. The molecule has 11 heteroatoms. The molecule has 0 N–H and O–H groups in total. The quantitative estimate of drug-likeness (QED) is 0.646. The summed E-state index contributed by atoms with van der Waals surface area (Å²) < 4.78 is 46.2. The summed E-state index contributed by atoms with van der Waals surface area (Å²) in [6.45, 7) is 1.53. The van der Waals surface area contributed by atoms with Crippen LogP contribution in [0.4, 0.5) is 19.1 Å². The van der Waals surface area contributed by atoms with E-state index < -0.39 is 11.9 Å². The van der Waals surface area contributed by atoms with Crippen molar-refractivity contribution in [2.75, 3.05) is 24.6 Å². The Hall–Kier alpha value is -2.98. The van der Waals surface area contributed by atoms with Crippen LogP contribution in [-0.2, 0) is 6.18 Å². The van der Waals surface area contributed by atoms with E-state index in [-0.39, 0.29) is 11.9 Å². The van der Waals surface area contributed by atoms with Crippen molar-refractivity contribution in [1.29, 1.82) is 0 Å². The van der Waals surface area contributed by atoms with Crippen LogP contribution < -0.4 is 9.64 Å². The first-order chi connectivity index (χ1) is 14.0. The van der Waals surface area contributed by atoms with Crippen LogP contribution in [0.5, 0.6) is 5.88 Å².